The quantitative estimate of drug-likeness (QED) is 0.881. The van der Waals surface area contributed by atoms with E-state index in [1.807, 2.05) is 25.1 Å². The molecule has 26 heavy (non-hydrogen) atoms. The molecule has 6 heteroatoms. The van der Waals surface area contributed by atoms with Crippen LogP contribution in [0.25, 0.3) is 0 Å². The minimum Gasteiger partial charge on any atom is -0.424 e. The number of rotatable bonds is 4. The first-order valence-corrected chi connectivity index (χ1v) is 9.31. The summed E-state index contributed by atoms with van der Waals surface area (Å²) in [7, 11) is 0. The lowest BCUT2D eigenvalue weighted by Crippen LogP contribution is -2.40. The highest BCUT2D eigenvalue weighted by atomic mass is 16.5. The fourth-order valence-electron chi connectivity index (χ4n) is 4.02. The highest BCUT2D eigenvalue weighted by molar-refractivity contribution is 5.95. The Labute approximate surface area is 153 Å². The average molecular weight is 352 g/mol. The topological polar surface area (TPSA) is 76.1 Å². The first-order valence-electron chi connectivity index (χ1n) is 9.31. The first-order chi connectivity index (χ1) is 12.7. The second-order valence-electron chi connectivity index (χ2n) is 7.21. The fourth-order valence-corrected chi connectivity index (χ4v) is 4.02. The number of ether oxygens (including phenoxy) is 1. The number of hydrogen-bond acceptors (Lipinski definition) is 5. The molecule has 2 N–H and O–H groups in total. The third-order valence-electron chi connectivity index (χ3n) is 5.39. The van der Waals surface area contributed by atoms with Crippen molar-refractivity contribution in [1.82, 2.24) is 15.3 Å². The normalized spacial score (nSPS) is 24.7. The molecule has 1 aromatic carbocycles. The highest BCUT2D eigenvalue weighted by Gasteiger charge is 2.38. The molecule has 1 amide bonds. The standard InChI is InChI=1S/C20H24N4O2/c1-13-11-15(26-20-21-9-4-10-22-20)7-8-16(13)24-19(25)18-12-14-5-2-3-6-17(14)23-18/h4,7-11,14,17-18,23H,2-3,5-6,12H2,1H3,(H,24,25). The average Bonchev–Trinajstić information content (AvgIpc) is 3.09. The Morgan fingerprint density at radius 2 is 2.04 bits per heavy atom. The van der Waals surface area contributed by atoms with Crippen LogP contribution in [0.2, 0.25) is 0 Å². The molecule has 1 aliphatic carbocycles. The summed E-state index contributed by atoms with van der Waals surface area (Å²) in [6.07, 6.45) is 9.22. The minimum atomic E-state index is -0.0869. The molecule has 2 aliphatic rings. The number of nitrogens with zero attached hydrogens (tertiary/aromatic N) is 2. The number of aromatic nitrogens is 2. The van der Waals surface area contributed by atoms with Crippen LogP contribution in [0.5, 0.6) is 11.8 Å². The Morgan fingerprint density at radius 3 is 2.81 bits per heavy atom. The van der Waals surface area contributed by atoms with E-state index in [1.165, 1.54) is 25.7 Å². The molecular formula is C20H24N4O2. The zero-order valence-corrected chi connectivity index (χ0v) is 14.9. The van der Waals surface area contributed by atoms with Crippen molar-refractivity contribution < 1.29 is 9.53 Å². The molecule has 0 bridgehead atoms. The second kappa shape index (κ2) is 7.41. The Kier molecular flexibility index (Phi) is 4.84. The van der Waals surface area contributed by atoms with Gasteiger partial charge in [-0.3, -0.25) is 4.79 Å². The van der Waals surface area contributed by atoms with Gasteiger partial charge < -0.3 is 15.4 Å². The molecule has 136 valence electrons. The van der Waals surface area contributed by atoms with Crippen molar-refractivity contribution in [1.29, 1.82) is 0 Å². The van der Waals surface area contributed by atoms with Crippen LogP contribution in [0.15, 0.2) is 36.7 Å². The van der Waals surface area contributed by atoms with Gasteiger partial charge in [-0.2, -0.15) is 0 Å². The van der Waals surface area contributed by atoms with E-state index in [-0.39, 0.29) is 11.9 Å². The predicted molar refractivity (Wildman–Crippen MR) is 99.2 cm³/mol. The number of hydrogen-bond donors (Lipinski definition) is 2. The molecule has 3 atom stereocenters. The van der Waals surface area contributed by atoms with E-state index in [0.29, 0.717) is 23.7 Å². The lowest BCUT2D eigenvalue weighted by Gasteiger charge is -2.24. The van der Waals surface area contributed by atoms with Crippen LogP contribution in [-0.2, 0) is 4.79 Å². The summed E-state index contributed by atoms with van der Waals surface area (Å²) in [5, 5.41) is 6.59. The maximum absolute atomic E-state index is 12.7. The fraction of sp³-hybridized carbons (Fsp3) is 0.450. The summed E-state index contributed by atoms with van der Waals surface area (Å²) in [5.41, 5.74) is 1.76. The molecule has 1 aliphatic heterocycles. The zero-order valence-electron chi connectivity index (χ0n) is 14.9. The van der Waals surface area contributed by atoms with Crippen molar-refractivity contribution in [2.45, 2.75) is 51.1 Å². The SMILES string of the molecule is Cc1cc(Oc2ncccn2)ccc1NC(=O)C1CC2CCCCC2N1. The van der Waals surface area contributed by atoms with E-state index in [2.05, 4.69) is 20.6 Å². The van der Waals surface area contributed by atoms with Crippen LogP contribution in [0.4, 0.5) is 5.69 Å². The van der Waals surface area contributed by atoms with Gasteiger partial charge in [-0.15, -0.1) is 0 Å². The summed E-state index contributed by atoms with van der Waals surface area (Å²) in [4.78, 5) is 20.8. The number of aryl methyl sites for hydroxylation is 1. The predicted octanol–water partition coefficient (Wildman–Crippen LogP) is 3.44. The first kappa shape index (κ1) is 17.0. The largest absolute Gasteiger partial charge is 0.424 e. The van der Waals surface area contributed by atoms with Crippen LogP contribution in [0.1, 0.15) is 37.7 Å². The molecule has 1 saturated carbocycles. The molecule has 4 rings (SSSR count). The molecule has 3 unspecified atom stereocenters. The summed E-state index contributed by atoms with van der Waals surface area (Å²) >= 11 is 0. The van der Waals surface area contributed by atoms with E-state index >= 15 is 0 Å². The van der Waals surface area contributed by atoms with Gasteiger partial charge in [0, 0.05) is 24.1 Å². The number of benzene rings is 1. The molecule has 6 nitrogen and oxygen atoms in total. The van der Waals surface area contributed by atoms with Crippen LogP contribution in [0.3, 0.4) is 0 Å². The van der Waals surface area contributed by atoms with Crippen molar-refractivity contribution in [3.05, 3.63) is 42.2 Å². The van der Waals surface area contributed by atoms with Crippen molar-refractivity contribution in [3.8, 4) is 11.8 Å². The van der Waals surface area contributed by atoms with Crippen LogP contribution >= 0.6 is 0 Å². The van der Waals surface area contributed by atoms with Crippen molar-refractivity contribution in [3.63, 3.8) is 0 Å². The lowest BCUT2D eigenvalue weighted by molar-refractivity contribution is -0.117. The summed E-state index contributed by atoms with van der Waals surface area (Å²) < 4.78 is 5.64. The number of carbonyl (C=O) groups is 1. The van der Waals surface area contributed by atoms with Gasteiger partial charge in [0.05, 0.1) is 6.04 Å². The van der Waals surface area contributed by atoms with E-state index in [4.69, 9.17) is 4.74 Å². The molecule has 2 heterocycles. The van der Waals surface area contributed by atoms with Gasteiger partial charge in [-0.25, -0.2) is 9.97 Å². The maximum atomic E-state index is 12.7. The molecule has 2 aromatic rings. The van der Waals surface area contributed by atoms with E-state index in [0.717, 1.165) is 17.7 Å². The summed E-state index contributed by atoms with van der Waals surface area (Å²) in [5.74, 6) is 1.36. The summed E-state index contributed by atoms with van der Waals surface area (Å²) in [6.45, 7) is 1.95. The molecule has 1 aromatic heterocycles. The Balaban J connectivity index is 1.39. The van der Waals surface area contributed by atoms with E-state index in [1.54, 1.807) is 18.5 Å². The Morgan fingerprint density at radius 1 is 1.23 bits per heavy atom. The van der Waals surface area contributed by atoms with Gasteiger partial charge in [0.15, 0.2) is 0 Å². The van der Waals surface area contributed by atoms with Gasteiger partial charge in [0.25, 0.3) is 0 Å². The molecule has 0 spiro atoms. The Bertz CT molecular complexity index is 767. The van der Waals surface area contributed by atoms with Crippen LogP contribution < -0.4 is 15.4 Å². The maximum Gasteiger partial charge on any atom is 0.321 e. The number of nitrogens with one attached hydrogen (secondary N) is 2. The van der Waals surface area contributed by atoms with E-state index < -0.39 is 0 Å². The van der Waals surface area contributed by atoms with Crippen LogP contribution in [0, 0.1) is 12.8 Å². The van der Waals surface area contributed by atoms with Crippen molar-refractivity contribution >= 4 is 11.6 Å². The molecular weight excluding hydrogens is 328 g/mol. The van der Waals surface area contributed by atoms with E-state index in [9.17, 15) is 4.79 Å². The lowest BCUT2D eigenvalue weighted by atomic mass is 9.85. The smallest absolute Gasteiger partial charge is 0.321 e. The van der Waals surface area contributed by atoms with Gasteiger partial charge >= 0.3 is 6.01 Å². The van der Waals surface area contributed by atoms with Gasteiger partial charge in [0.2, 0.25) is 5.91 Å². The van der Waals surface area contributed by atoms with Gasteiger partial charge in [0.1, 0.15) is 5.75 Å². The number of carbonyl (C=O) groups excluding carboxylic acids is 1. The van der Waals surface area contributed by atoms with Gasteiger partial charge in [-0.05, 0) is 61.9 Å². The highest BCUT2D eigenvalue weighted by Crippen LogP contribution is 2.33. The van der Waals surface area contributed by atoms with Gasteiger partial charge in [-0.1, -0.05) is 12.8 Å². The summed E-state index contributed by atoms with van der Waals surface area (Å²) in [6, 6.07) is 8.05. The Hall–Kier alpha value is -2.47. The van der Waals surface area contributed by atoms with Crippen LogP contribution in [-0.4, -0.2) is 28.0 Å². The van der Waals surface area contributed by atoms with Crippen molar-refractivity contribution in [2.75, 3.05) is 5.32 Å². The second-order valence-corrected chi connectivity index (χ2v) is 7.21. The molecule has 2 fully saturated rings. The minimum absolute atomic E-state index is 0.0579. The molecule has 0 radical (unpaired) electrons. The third-order valence-corrected chi connectivity index (χ3v) is 5.39. The third kappa shape index (κ3) is 3.70. The molecule has 1 saturated heterocycles. The zero-order chi connectivity index (χ0) is 17.9. The monoisotopic (exact) mass is 352 g/mol. The van der Waals surface area contributed by atoms with Crippen molar-refractivity contribution in [2.24, 2.45) is 5.92 Å². The number of amides is 1. The number of fused-ring (bicyclic) bond motifs is 1. The number of anilines is 1.